The van der Waals surface area contributed by atoms with Gasteiger partial charge < -0.3 is 9.59 Å². The van der Waals surface area contributed by atoms with Crippen LogP contribution in [0.2, 0.25) is 0 Å². The molecule has 35 heavy (non-hydrogen) atoms. The third-order valence-electron chi connectivity index (χ3n) is 5.72. The number of aldehydes is 1. The van der Waals surface area contributed by atoms with Crippen LogP contribution in [-0.4, -0.2) is 12.1 Å². The molecule has 0 amide bonds. The summed E-state index contributed by atoms with van der Waals surface area (Å²) in [5.41, 5.74) is 6.39. The van der Waals surface area contributed by atoms with Gasteiger partial charge in [0.25, 0.3) is 0 Å². The summed E-state index contributed by atoms with van der Waals surface area (Å²) in [6, 6.07) is 0. The topological polar surface area (TPSA) is 34.1 Å². The van der Waals surface area contributed by atoms with E-state index in [0.717, 1.165) is 57.7 Å². The predicted molar refractivity (Wildman–Crippen MR) is 157 cm³/mol. The SMILES string of the molecule is C/C(=C\CC/C(C)=C/CC(C)(C)C)CCC=O.CC(=O)CC/C(C)=C/CC/C(C)=C/CC(C)(C)C. The van der Waals surface area contributed by atoms with Gasteiger partial charge in [0.1, 0.15) is 12.1 Å². The minimum absolute atomic E-state index is 0.281. The number of Topliss-reactive ketones (excluding diaryl/α,β-unsaturated/α-hetero) is 1. The van der Waals surface area contributed by atoms with E-state index < -0.39 is 0 Å². The van der Waals surface area contributed by atoms with Gasteiger partial charge in [-0.1, -0.05) is 88.1 Å². The minimum Gasteiger partial charge on any atom is -0.303 e. The second kappa shape index (κ2) is 19.5. The fraction of sp³-hybridized carbons (Fsp3) is 0.697. The molecule has 2 heteroatoms. The summed E-state index contributed by atoms with van der Waals surface area (Å²) in [4.78, 5) is 21.1. The highest BCUT2D eigenvalue weighted by molar-refractivity contribution is 5.75. The van der Waals surface area contributed by atoms with Gasteiger partial charge in [-0.15, -0.1) is 0 Å². The zero-order valence-corrected chi connectivity index (χ0v) is 25.3. The lowest BCUT2D eigenvalue weighted by atomic mass is 9.91. The maximum absolute atomic E-state index is 10.9. The number of hydrogen-bond acceptors (Lipinski definition) is 2. The van der Waals surface area contributed by atoms with Crippen LogP contribution in [0.1, 0.15) is 140 Å². The molecule has 2 nitrogen and oxygen atoms in total. The quantitative estimate of drug-likeness (QED) is 0.181. The number of allylic oxidation sites excluding steroid dienone is 8. The van der Waals surface area contributed by atoms with Gasteiger partial charge in [0.15, 0.2) is 0 Å². The Balaban J connectivity index is 0. The Morgan fingerprint density at radius 3 is 1.20 bits per heavy atom. The molecule has 0 bridgehead atoms. The molecule has 0 aliphatic heterocycles. The maximum atomic E-state index is 10.9. The van der Waals surface area contributed by atoms with Crippen molar-refractivity contribution >= 4 is 12.1 Å². The van der Waals surface area contributed by atoms with Gasteiger partial charge in [0, 0.05) is 12.8 Å². The van der Waals surface area contributed by atoms with Crippen LogP contribution in [0, 0.1) is 10.8 Å². The van der Waals surface area contributed by atoms with Crippen molar-refractivity contribution in [3.8, 4) is 0 Å². The van der Waals surface area contributed by atoms with E-state index in [2.05, 4.69) is 93.5 Å². The number of hydrogen-bond donors (Lipinski definition) is 0. The van der Waals surface area contributed by atoms with Gasteiger partial charge in [0.2, 0.25) is 0 Å². The van der Waals surface area contributed by atoms with Gasteiger partial charge >= 0.3 is 0 Å². The Bertz CT molecular complexity index is 715. The first kappa shape index (κ1) is 35.5. The fourth-order valence-electron chi connectivity index (χ4n) is 3.12. The number of ketones is 1. The Kier molecular flexibility index (Phi) is 19.7. The molecule has 0 radical (unpaired) electrons. The lowest BCUT2D eigenvalue weighted by Crippen LogP contribution is -2.02. The number of carbonyl (C=O) groups is 2. The molecule has 202 valence electrons. The van der Waals surface area contributed by atoms with Crippen molar-refractivity contribution in [1.29, 1.82) is 0 Å². The van der Waals surface area contributed by atoms with Gasteiger partial charge in [-0.05, 0) is 96.8 Å². The second-order valence-corrected chi connectivity index (χ2v) is 12.7. The van der Waals surface area contributed by atoms with Crippen LogP contribution in [0.4, 0.5) is 0 Å². The molecule has 0 heterocycles. The van der Waals surface area contributed by atoms with Crippen molar-refractivity contribution in [2.24, 2.45) is 10.8 Å². The van der Waals surface area contributed by atoms with Crippen LogP contribution < -0.4 is 0 Å². The Morgan fingerprint density at radius 1 is 0.514 bits per heavy atom. The molecule has 0 aliphatic carbocycles. The highest BCUT2D eigenvalue weighted by Crippen LogP contribution is 2.22. The summed E-state index contributed by atoms with van der Waals surface area (Å²) in [6.07, 6.45) is 20.2. The summed E-state index contributed by atoms with van der Waals surface area (Å²) < 4.78 is 0. The molecule has 0 aromatic heterocycles. The Morgan fingerprint density at radius 2 is 0.857 bits per heavy atom. The fourth-order valence-corrected chi connectivity index (χ4v) is 3.12. The average Bonchev–Trinajstić information content (AvgIpc) is 2.73. The molecule has 0 rings (SSSR count). The van der Waals surface area contributed by atoms with Crippen LogP contribution in [0.25, 0.3) is 0 Å². The maximum Gasteiger partial charge on any atom is 0.130 e. The molecule has 0 aromatic carbocycles. The minimum atomic E-state index is 0.281. The van der Waals surface area contributed by atoms with Crippen molar-refractivity contribution in [3.05, 3.63) is 46.6 Å². The van der Waals surface area contributed by atoms with Crippen molar-refractivity contribution < 1.29 is 9.59 Å². The largest absolute Gasteiger partial charge is 0.303 e. The van der Waals surface area contributed by atoms with Gasteiger partial charge in [0.05, 0.1) is 0 Å². The zero-order chi connectivity index (χ0) is 27.5. The first-order chi connectivity index (χ1) is 16.1. The summed E-state index contributed by atoms with van der Waals surface area (Å²) in [5, 5.41) is 0. The molecule has 0 aromatic rings. The average molecular weight is 487 g/mol. The standard InChI is InChI=1S/C17H30O.C16H28O/c1-14(10-11-16(3)18)8-7-9-15(2)12-13-17(4,5)6;1-14(10-7-13-17)8-6-9-15(2)11-12-16(3,4)5/h8,12H,7,9-11,13H2,1-6H3;8,11,13H,6-7,9-10,12H2,1-5H3/b14-8+,15-12+;14-8+,15-11+. The van der Waals surface area contributed by atoms with Crippen LogP contribution in [-0.2, 0) is 9.59 Å². The first-order valence-electron chi connectivity index (χ1n) is 13.6. The molecule has 0 spiro atoms. The van der Waals surface area contributed by atoms with Crippen LogP contribution in [0.3, 0.4) is 0 Å². The van der Waals surface area contributed by atoms with Crippen LogP contribution >= 0.6 is 0 Å². The second-order valence-electron chi connectivity index (χ2n) is 12.7. The Labute approximate surface area is 219 Å². The lowest BCUT2D eigenvalue weighted by molar-refractivity contribution is -0.117. The number of carbonyl (C=O) groups excluding carboxylic acids is 2. The van der Waals surface area contributed by atoms with Crippen LogP contribution in [0.5, 0.6) is 0 Å². The molecule has 0 unspecified atom stereocenters. The Hall–Kier alpha value is -1.70. The van der Waals surface area contributed by atoms with E-state index in [9.17, 15) is 9.59 Å². The van der Waals surface area contributed by atoms with Crippen molar-refractivity contribution in [2.45, 2.75) is 140 Å². The summed E-state index contributed by atoms with van der Waals surface area (Å²) in [6.45, 7) is 23.9. The normalized spacial score (nSPS) is 13.9. The van der Waals surface area contributed by atoms with E-state index in [1.807, 2.05) is 0 Å². The van der Waals surface area contributed by atoms with Crippen molar-refractivity contribution in [2.75, 3.05) is 0 Å². The van der Waals surface area contributed by atoms with E-state index in [4.69, 9.17) is 0 Å². The molecule has 0 atom stereocenters. The smallest absolute Gasteiger partial charge is 0.130 e. The van der Waals surface area contributed by atoms with Crippen molar-refractivity contribution in [3.63, 3.8) is 0 Å². The van der Waals surface area contributed by atoms with E-state index >= 15 is 0 Å². The van der Waals surface area contributed by atoms with Gasteiger partial charge in [-0.2, -0.15) is 0 Å². The van der Waals surface area contributed by atoms with Crippen molar-refractivity contribution in [1.82, 2.24) is 0 Å². The molecule has 0 fully saturated rings. The molecule has 0 saturated carbocycles. The van der Waals surface area contributed by atoms with Crippen LogP contribution in [0.15, 0.2) is 46.6 Å². The van der Waals surface area contributed by atoms with E-state index in [-0.39, 0.29) is 5.78 Å². The molecule has 0 aliphatic rings. The highest BCUT2D eigenvalue weighted by atomic mass is 16.1. The molecule has 0 N–H and O–H groups in total. The third kappa shape index (κ3) is 30.3. The first-order valence-corrected chi connectivity index (χ1v) is 13.6. The third-order valence-corrected chi connectivity index (χ3v) is 5.72. The van der Waals surface area contributed by atoms with Gasteiger partial charge in [-0.3, -0.25) is 0 Å². The highest BCUT2D eigenvalue weighted by Gasteiger charge is 2.08. The molecular weight excluding hydrogens is 428 g/mol. The van der Waals surface area contributed by atoms with E-state index in [1.54, 1.807) is 6.92 Å². The molecular formula is C33H58O2. The number of rotatable bonds is 14. The van der Waals surface area contributed by atoms with E-state index in [1.165, 1.54) is 22.3 Å². The summed E-state index contributed by atoms with van der Waals surface area (Å²) in [5.74, 6) is 0.281. The summed E-state index contributed by atoms with van der Waals surface area (Å²) >= 11 is 0. The summed E-state index contributed by atoms with van der Waals surface area (Å²) in [7, 11) is 0. The monoisotopic (exact) mass is 486 g/mol. The predicted octanol–water partition coefficient (Wildman–Crippen LogP) is 10.5. The van der Waals surface area contributed by atoms with Gasteiger partial charge in [-0.25, -0.2) is 0 Å². The van der Waals surface area contributed by atoms with E-state index in [0.29, 0.717) is 23.7 Å². The zero-order valence-electron chi connectivity index (χ0n) is 25.3. The lowest BCUT2D eigenvalue weighted by Gasteiger charge is -2.15. The molecule has 0 saturated heterocycles.